The highest BCUT2D eigenvalue weighted by molar-refractivity contribution is 5.88. The molecule has 0 saturated carbocycles. The second kappa shape index (κ2) is 8.70. The van der Waals surface area contributed by atoms with Gasteiger partial charge < -0.3 is 4.74 Å². The molecule has 3 nitrogen and oxygen atoms in total. The second-order valence-electron chi connectivity index (χ2n) is 6.92. The lowest BCUT2D eigenvalue weighted by Gasteiger charge is -2.30. The Morgan fingerprint density at radius 2 is 1.90 bits per heavy atom. The standard InChI is InChI=1S/C18H34N2O/c1-8-18(20-13(4)5)21-15(7)14(6)17-11-16(12(2)3)9-10-19-17/h9-10,12-16,18,20H,8,11H2,1-7H3. The van der Waals surface area contributed by atoms with Crippen molar-refractivity contribution in [1.82, 2.24) is 5.32 Å². The van der Waals surface area contributed by atoms with E-state index in [-0.39, 0.29) is 12.3 Å². The van der Waals surface area contributed by atoms with Crippen molar-refractivity contribution in [3.05, 3.63) is 12.3 Å². The summed E-state index contributed by atoms with van der Waals surface area (Å²) in [5.41, 5.74) is 1.28. The van der Waals surface area contributed by atoms with Gasteiger partial charge in [-0.05, 0) is 45.4 Å². The van der Waals surface area contributed by atoms with Crippen molar-refractivity contribution < 1.29 is 4.74 Å². The van der Waals surface area contributed by atoms with Crippen molar-refractivity contribution in [3.63, 3.8) is 0 Å². The minimum atomic E-state index is 0.128. The third-order valence-electron chi connectivity index (χ3n) is 4.37. The Hall–Kier alpha value is -0.670. The molecule has 0 spiro atoms. The van der Waals surface area contributed by atoms with Gasteiger partial charge in [-0.1, -0.05) is 33.8 Å². The summed E-state index contributed by atoms with van der Waals surface area (Å²) in [4.78, 5) is 4.61. The number of hydrogen-bond donors (Lipinski definition) is 1. The van der Waals surface area contributed by atoms with Gasteiger partial charge in [0.05, 0.1) is 6.10 Å². The first-order valence-electron chi connectivity index (χ1n) is 8.49. The maximum atomic E-state index is 6.21. The highest BCUT2D eigenvalue weighted by atomic mass is 16.5. The largest absolute Gasteiger partial charge is 0.360 e. The van der Waals surface area contributed by atoms with Crippen LogP contribution in [0.25, 0.3) is 0 Å². The van der Waals surface area contributed by atoms with Crippen molar-refractivity contribution in [2.24, 2.45) is 22.7 Å². The van der Waals surface area contributed by atoms with Crippen molar-refractivity contribution in [2.75, 3.05) is 0 Å². The lowest BCUT2D eigenvalue weighted by atomic mass is 9.84. The number of hydrogen-bond acceptors (Lipinski definition) is 3. The van der Waals surface area contributed by atoms with E-state index in [0.29, 0.717) is 23.8 Å². The highest BCUT2D eigenvalue weighted by Gasteiger charge is 2.25. The van der Waals surface area contributed by atoms with Crippen LogP contribution in [0.1, 0.15) is 61.3 Å². The van der Waals surface area contributed by atoms with Crippen LogP contribution in [-0.2, 0) is 4.74 Å². The van der Waals surface area contributed by atoms with Crippen LogP contribution in [0.15, 0.2) is 17.3 Å². The number of nitrogens with zero attached hydrogens (tertiary/aromatic N) is 1. The Labute approximate surface area is 131 Å². The number of allylic oxidation sites excluding steroid dienone is 1. The summed E-state index contributed by atoms with van der Waals surface area (Å²) in [6, 6.07) is 0.442. The molecule has 0 amide bonds. The predicted octanol–water partition coefficient (Wildman–Crippen LogP) is 4.39. The molecule has 1 N–H and O–H groups in total. The Morgan fingerprint density at radius 1 is 1.24 bits per heavy atom. The summed E-state index contributed by atoms with van der Waals surface area (Å²) in [6.07, 6.45) is 6.58. The van der Waals surface area contributed by atoms with Gasteiger partial charge in [0.2, 0.25) is 0 Å². The summed E-state index contributed by atoms with van der Waals surface area (Å²) in [5, 5.41) is 3.47. The molecule has 1 heterocycles. The molecule has 0 fully saturated rings. The molecule has 0 aliphatic carbocycles. The first-order chi connectivity index (χ1) is 9.85. The molecule has 0 bridgehead atoms. The van der Waals surface area contributed by atoms with Gasteiger partial charge in [-0.2, -0.15) is 0 Å². The highest BCUT2D eigenvalue weighted by Crippen LogP contribution is 2.25. The van der Waals surface area contributed by atoms with Crippen LogP contribution in [0.5, 0.6) is 0 Å². The number of aliphatic imine (C=N–C) groups is 1. The van der Waals surface area contributed by atoms with Crippen LogP contribution in [0.3, 0.4) is 0 Å². The molecule has 0 saturated heterocycles. The summed E-state index contributed by atoms with van der Waals surface area (Å²) < 4.78 is 6.21. The zero-order valence-electron chi connectivity index (χ0n) is 14.9. The average Bonchev–Trinajstić information content (AvgIpc) is 2.45. The molecule has 1 aliphatic heterocycles. The smallest absolute Gasteiger partial charge is 0.108 e. The molecule has 0 aromatic carbocycles. The maximum Gasteiger partial charge on any atom is 0.108 e. The topological polar surface area (TPSA) is 33.6 Å². The maximum absolute atomic E-state index is 6.21. The monoisotopic (exact) mass is 294 g/mol. The van der Waals surface area contributed by atoms with Gasteiger partial charge >= 0.3 is 0 Å². The Balaban J connectivity index is 2.59. The normalized spacial score (nSPS) is 23.3. The molecule has 21 heavy (non-hydrogen) atoms. The molecular formula is C18H34N2O. The van der Waals surface area contributed by atoms with E-state index >= 15 is 0 Å². The molecule has 1 rings (SSSR count). The number of ether oxygens (including phenoxy) is 1. The summed E-state index contributed by atoms with van der Waals surface area (Å²) in [5.74, 6) is 1.64. The Kier molecular flexibility index (Phi) is 7.61. The van der Waals surface area contributed by atoms with Gasteiger partial charge in [-0.25, -0.2) is 0 Å². The van der Waals surface area contributed by atoms with Gasteiger partial charge in [0, 0.05) is 23.9 Å². The molecule has 0 aromatic rings. The quantitative estimate of drug-likeness (QED) is 0.673. The van der Waals surface area contributed by atoms with Crippen LogP contribution in [0.4, 0.5) is 0 Å². The van der Waals surface area contributed by atoms with Crippen LogP contribution in [0.2, 0.25) is 0 Å². The van der Waals surface area contributed by atoms with Crippen molar-refractivity contribution >= 4 is 5.71 Å². The Morgan fingerprint density at radius 3 is 2.43 bits per heavy atom. The van der Waals surface area contributed by atoms with Gasteiger partial charge in [-0.15, -0.1) is 0 Å². The van der Waals surface area contributed by atoms with Crippen LogP contribution >= 0.6 is 0 Å². The number of nitrogens with one attached hydrogen (secondary N) is 1. The van der Waals surface area contributed by atoms with Crippen LogP contribution < -0.4 is 5.32 Å². The van der Waals surface area contributed by atoms with E-state index in [1.54, 1.807) is 0 Å². The lowest BCUT2D eigenvalue weighted by molar-refractivity contribution is -0.0392. The third-order valence-corrected chi connectivity index (χ3v) is 4.37. The van der Waals surface area contributed by atoms with Gasteiger partial charge in [0.15, 0.2) is 0 Å². The SMILES string of the molecule is CCC(NC(C)C)OC(C)C(C)C1=NC=CC(C(C)C)C1. The summed E-state index contributed by atoms with van der Waals surface area (Å²) in [7, 11) is 0. The van der Waals surface area contributed by atoms with E-state index in [0.717, 1.165) is 12.8 Å². The van der Waals surface area contributed by atoms with Crippen molar-refractivity contribution in [3.8, 4) is 0 Å². The average molecular weight is 294 g/mol. The fraction of sp³-hybridized carbons (Fsp3) is 0.833. The fourth-order valence-electron chi connectivity index (χ4n) is 2.65. The van der Waals surface area contributed by atoms with E-state index in [4.69, 9.17) is 4.74 Å². The molecule has 4 atom stereocenters. The molecule has 0 aromatic heterocycles. The predicted molar refractivity (Wildman–Crippen MR) is 91.6 cm³/mol. The zero-order chi connectivity index (χ0) is 16.0. The molecule has 1 aliphatic rings. The van der Waals surface area contributed by atoms with Crippen molar-refractivity contribution in [1.29, 1.82) is 0 Å². The fourth-order valence-corrected chi connectivity index (χ4v) is 2.65. The molecular weight excluding hydrogens is 260 g/mol. The van der Waals surface area contributed by atoms with Crippen LogP contribution in [0, 0.1) is 17.8 Å². The molecule has 3 heteroatoms. The van der Waals surface area contributed by atoms with E-state index in [1.165, 1.54) is 5.71 Å². The second-order valence-corrected chi connectivity index (χ2v) is 6.92. The van der Waals surface area contributed by atoms with Gasteiger partial charge in [0.25, 0.3) is 0 Å². The van der Waals surface area contributed by atoms with Crippen LogP contribution in [-0.4, -0.2) is 24.1 Å². The minimum absolute atomic E-state index is 0.128. The lowest BCUT2D eigenvalue weighted by Crippen LogP contribution is -2.41. The van der Waals surface area contributed by atoms with E-state index in [1.807, 2.05) is 6.20 Å². The Bertz CT molecular complexity index is 360. The van der Waals surface area contributed by atoms with E-state index in [9.17, 15) is 0 Å². The zero-order valence-corrected chi connectivity index (χ0v) is 14.9. The van der Waals surface area contributed by atoms with Gasteiger partial charge in [0.1, 0.15) is 6.23 Å². The molecule has 4 unspecified atom stereocenters. The van der Waals surface area contributed by atoms with E-state index < -0.39 is 0 Å². The van der Waals surface area contributed by atoms with Crippen molar-refractivity contribution in [2.45, 2.75) is 79.7 Å². The first-order valence-corrected chi connectivity index (χ1v) is 8.49. The van der Waals surface area contributed by atoms with E-state index in [2.05, 4.69) is 64.9 Å². The minimum Gasteiger partial charge on any atom is -0.360 e. The third kappa shape index (κ3) is 5.91. The molecule has 122 valence electrons. The summed E-state index contributed by atoms with van der Waals surface area (Å²) >= 11 is 0. The van der Waals surface area contributed by atoms with Gasteiger partial charge in [-0.3, -0.25) is 10.3 Å². The number of rotatable bonds is 8. The molecule has 0 radical (unpaired) electrons. The summed E-state index contributed by atoms with van der Waals surface area (Å²) in [6.45, 7) is 15.4. The first kappa shape index (κ1) is 18.4.